The SMILES string of the molecule is CC1(C)C2CCC(O2)C1N. The normalized spacial score (nSPS) is 50.1. The van der Waals surface area contributed by atoms with Gasteiger partial charge in [0.25, 0.3) is 0 Å². The highest BCUT2D eigenvalue weighted by atomic mass is 16.5. The zero-order chi connectivity index (χ0) is 7.35. The molecule has 2 aliphatic rings. The van der Waals surface area contributed by atoms with Crippen molar-refractivity contribution in [3.05, 3.63) is 0 Å². The standard InChI is InChI=1S/C8H15NO/c1-8(2)6-4-3-5(10-6)7(8)9/h5-7H,3-4,9H2,1-2H3. The molecule has 2 aliphatic heterocycles. The minimum atomic E-state index is 0.225. The van der Waals surface area contributed by atoms with Gasteiger partial charge in [-0.2, -0.15) is 0 Å². The van der Waals surface area contributed by atoms with E-state index in [4.69, 9.17) is 10.5 Å². The zero-order valence-corrected chi connectivity index (χ0v) is 6.63. The van der Waals surface area contributed by atoms with E-state index < -0.39 is 0 Å². The van der Waals surface area contributed by atoms with Gasteiger partial charge in [-0.05, 0) is 12.8 Å². The first-order valence-corrected chi connectivity index (χ1v) is 4.03. The third-order valence-corrected chi connectivity index (χ3v) is 3.14. The zero-order valence-electron chi connectivity index (χ0n) is 6.63. The molecule has 0 spiro atoms. The lowest BCUT2D eigenvalue weighted by molar-refractivity contribution is 0.0737. The van der Waals surface area contributed by atoms with Crippen LogP contribution < -0.4 is 5.73 Å². The van der Waals surface area contributed by atoms with Crippen LogP contribution in [0.4, 0.5) is 0 Å². The minimum Gasteiger partial charge on any atom is -0.373 e. The minimum absolute atomic E-state index is 0.225. The van der Waals surface area contributed by atoms with Crippen LogP contribution in [-0.2, 0) is 4.74 Å². The van der Waals surface area contributed by atoms with Gasteiger partial charge in [-0.1, -0.05) is 13.8 Å². The second-order valence-electron chi connectivity index (χ2n) is 4.09. The van der Waals surface area contributed by atoms with Gasteiger partial charge >= 0.3 is 0 Å². The van der Waals surface area contributed by atoms with Gasteiger partial charge in [0, 0.05) is 11.5 Å². The molecule has 2 saturated heterocycles. The van der Waals surface area contributed by atoms with Crippen LogP contribution in [0.25, 0.3) is 0 Å². The molecule has 2 bridgehead atoms. The van der Waals surface area contributed by atoms with Crippen LogP contribution in [0.5, 0.6) is 0 Å². The molecular weight excluding hydrogens is 126 g/mol. The summed E-state index contributed by atoms with van der Waals surface area (Å²) in [4.78, 5) is 0. The average molecular weight is 141 g/mol. The highest BCUT2D eigenvalue weighted by molar-refractivity contribution is 5.04. The topological polar surface area (TPSA) is 35.2 Å². The summed E-state index contributed by atoms with van der Waals surface area (Å²) in [5.41, 5.74) is 6.20. The van der Waals surface area contributed by atoms with Crippen LogP contribution in [0.15, 0.2) is 0 Å². The molecule has 3 unspecified atom stereocenters. The molecular formula is C8H15NO. The summed E-state index contributed by atoms with van der Waals surface area (Å²) in [5, 5.41) is 0. The van der Waals surface area contributed by atoms with Crippen LogP contribution in [0.3, 0.4) is 0 Å². The maximum atomic E-state index is 5.97. The van der Waals surface area contributed by atoms with Crippen LogP contribution in [0, 0.1) is 5.41 Å². The van der Waals surface area contributed by atoms with Crippen molar-refractivity contribution in [1.82, 2.24) is 0 Å². The Labute approximate surface area is 61.7 Å². The number of ether oxygens (including phenoxy) is 1. The van der Waals surface area contributed by atoms with E-state index in [2.05, 4.69) is 13.8 Å². The van der Waals surface area contributed by atoms with Gasteiger partial charge in [0.15, 0.2) is 0 Å². The number of rotatable bonds is 0. The van der Waals surface area contributed by atoms with E-state index in [-0.39, 0.29) is 11.5 Å². The van der Waals surface area contributed by atoms with Gasteiger partial charge < -0.3 is 10.5 Å². The fourth-order valence-electron chi connectivity index (χ4n) is 2.17. The molecule has 0 saturated carbocycles. The first-order valence-electron chi connectivity index (χ1n) is 4.03. The van der Waals surface area contributed by atoms with Crippen LogP contribution in [-0.4, -0.2) is 18.2 Å². The van der Waals surface area contributed by atoms with Crippen molar-refractivity contribution in [3.63, 3.8) is 0 Å². The lowest BCUT2D eigenvalue weighted by Crippen LogP contribution is -2.45. The van der Waals surface area contributed by atoms with Gasteiger partial charge in [0.05, 0.1) is 12.2 Å². The summed E-state index contributed by atoms with van der Waals surface area (Å²) in [7, 11) is 0. The van der Waals surface area contributed by atoms with Crippen molar-refractivity contribution < 1.29 is 4.74 Å². The lowest BCUT2D eigenvalue weighted by atomic mass is 9.74. The Morgan fingerprint density at radius 1 is 1.40 bits per heavy atom. The van der Waals surface area contributed by atoms with Gasteiger partial charge in [0.2, 0.25) is 0 Å². The molecule has 0 aromatic rings. The number of hydrogen-bond donors (Lipinski definition) is 1. The monoisotopic (exact) mass is 141 g/mol. The largest absolute Gasteiger partial charge is 0.373 e. The van der Waals surface area contributed by atoms with E-state index in [1.807, 2.05) is 0 Å². The van der Waals surface area contributed by atoms with E-state index in [0.29, 0.717) is 12.2 Å². The van der Waals surface area contributed by atoms with Gasteiger partial charge in [-0.15, -0.1) is 0 Å². The Balaban J connectivity index is 2.25. The molecule has 0 aromatic carbocycles. The number of fused-ring (bicyclic) bond motifs is 2. The van der Waals surface area contributed by atoms with E-state index in [0.717, 1.165) is 0 Å². The smallest absolute Gasteiger partial charge is 0.0737 e. The highest BCUT2D eigenvalue weighted by Gasteiger charge is 2.52. The highest BCUT2D eigenvalue weighted by Crippen LogP contribution is 2.45. The summed E-state index contributed by atoms with van der Waals surface area (Å²) in [6.45, 7) is 4.42. The Bertz CT molecular complexity index is 151. The van der Waals surface area contributed by atoms with Gasteiger partial charge in [-0.3, -0.25) is 0 Å². The Morgan fingerprint density at radius 3 is 2.40 bits per heavy atom. The summed E-state index contributed by atoms with van der Waals surface area (Å²) in [6.07, 6.45) is 3.19. The van der Waals surface area contributed by atoms with Gasteiger partial charge in [-0.25, -0.2) is 0 Å². The molecule has 3 atom stereocenters. The quantitative estimate of drug-likeness (QED) is 0.544. The summed E-state index contributed by atoms with van der Waals surface area (Å²) in [5.74, 6) is 0. The van der Waals surface area contributed by atoms with E-state index in [1.165, 1.54) is 12.8 Å². The molecule has 0 aliphatic carbocycles. The van der Waals surface area contributed by atoms with Crippen LogP contribution in [0.1, 0.15) is 26.7 Å². The second-order valence-corrected chi connectivity index (χ2v) is 4.09. The maximum Gasteiger partial charge on any atom is 0.0737 e. The van der Waals surface area contributed by atoms with Crippen molar-refractivity contribution >= 4 is 0 Å². The van der Waals surface area contributed by atoms with E-state index >= 15 is 0 Å². The van der Waals surface area contributed by atoms with Crippen molar-refractivity contribution in [1.29, 1.82) is 0 Å². The fourth-order valence-corrected chi connectivity index (χ4v) is 2.17. The maximum absolute atomic E-state index is 5.97. The Kier molecular flexibility index (Phi) is 1.15. The van der Waals surface area contributed by atoms with Crippen molar-refractivity contribution in [2.75, 3.05) is 0 Å². The molecule has 2 rings (SSSR count). The predicted octanol–water partition coefficient (Wildman–Crippen LogP) is 0.901. The molecule has 58 valence electrons. The molecule has 0 amide bonds. The first kappa shape index (κ1) is 6.62. The van der Waals surface area contributed by atoms with E-state index in [9.17, 15) is 0 Å². The molecule has 2 heteroatoms. The van der Waals surface area contributed by atoms with Crippen molar-refractivity contribution in [2.24, 2.45) is 11.1 Å². The molecule has 0 radical (unpaired) electrons. The van der Waals surface area contributed by atoms with Gasteiger partial charge in [0.1, 0.15) is 0 Å². The van der Waals surface area contributed by atoms with E-state index in [1.54, 1.807) is 0 Å². The average Bonchev–Trinajstić information content (AvgIpc) is 2.37. The fraction of sp³-hybridized carbons (Fsp3) is 1.00. The summed E-state index contributed by atoms with van der Waals surface area (Å²) >= 11 is 0. The first-order chi connectivity index (χ1) is 4.62. The second kappa shape index (κ2) is 1.74. The van der Waals surface area contributed by atoms with Crippen molar-refractivity contribution in [3.8, 4) is 0 Å². The molecule has 0 aromatic heterocycles. The number of hydrogen-bond acceptors (Lipinski definition) is 2. The van der Waals surface area contributed by atoms with Crippen LogP contribution >= 0.6 is 0 Å². The summed E-state index contributed by atoms with van der Waals surface area (Å²) < 4.78 is 5.67. The predicted molar refractivity (Wildman–Crippen MR) is 39.7 cm³/mol. The molecule has 10 heavy (non-hydrogen) atoms. The third kappa shape index (κ3) is 0.611. The molecule has 2 N–H and O–H groups in total. The Morgan fingerprint density at radius 2 is 2.10 bits per heavy atom. The molecule has 2 nitrogen and oxygen atoms in total. The van der Waals surface area contributed by atoms with Crippen molar-refractivity contribution in [2.45, 2.75) is 44.9 Å². The lowest BCUT2D eigenvalue weighted by Gasteiger charge is -2.31. The number of nitrogens with two attached hydrogens (primary N) is 1. The van der Waals surface area contributed by atoms with Crippen LogP contribution in [0.2, 0.25) is 0 Å². The Hall–Kier alpha value is -0.0800. The summed E-state index contributed by atoms with van der Waals surface area (Å²) in [6, 6.07) is 0.270. The molecule has 2 heterocycles. The molecule has 2 fully saturated rings. The third-order valence-electron chi connectivity index (χ3n) is 3.14.